The predicted octanol–water partition coefficient (Wildman–Crippen LogP) is 2.55. The van der Waals surface area contributed by atoms with Gasteiger partial charge in [0.25, 0.3) is 0 Å². The smallest absolute Gasteiger partial charge is 0.242 e. The fourth-order valence-electron chi connectivity index (χ4n) is 1.52. The second kappa shape index (κ2) is 6.47. The maximum Gasteiger partial charge on any atom is 0.242 e. The molecule has 0 spiro atoms. The van der Waals surface area contributed by atoms with Crippen molar-refractivity contribution in [3.8, 4) is 0 Å². The van der Waals surface area contributed by atoms with E-state index in [1.54, 1.807) is 17.4 Å². The maximum atomic E-state index is 12.1. The second-order valence-corrected chi connectivity index (χ2v) is 8.80. The monoisotopic (exact) mass is 380 g/mol. The molecular weight excluding hydrogens is 368 g/mol. The average Bonchev–Trinajstić information content (AvgIpc) is 2.98. The van der Waals surface area contributed by atoms with E-state index in [-0.39, 0.29) is 4.90 Å². The SMILES string of the molecule is NCc1cc(S(=O)(=O)NCCc2ccsc2)c(Br)s1. The normalized spacial score (nSPS) is 11.9. The highest BCUT2D eigenvalue weighted by Gasteiger charge is 2.20. The van der Waals surface area contributed by atoms with Gasteiger partial charge >= 0.3 is 0 Å². The van der Waals surface area contributed by atoms with Crippen molar-refractivity contribution >= 4 is 48.6 Å². The molecule has 0 unspecified atom stereocenters. The Morgan fingerprint density at radius 2 is 2.21 bits per heavy atom. The van der Waals surface area contributed by atoms with E-state index in [0.717, 1.165) is 10.4 Å². The molecule has 2 aromatic heterocycles. The quantitative estimate of drug-likeness (QED) is 0.808. The zero-order valence-electron chi connectivity index (χ0n) is 9.93. The van der Waals surface area contributed by atoms with E-state index in [9.17, 15) is 8.42 Å². The lowest BCUT2D eigenvalue weighted by molar-refractivity contribution is 0.581. The Balaban J connectivity index is 2.03. The number of hydrogen-bond acceptors (Lipinski definition) is 5. The highest BCUT2D eigenvalue weighted by molar-refractivity contribution is 9.11. The van der Waals surface area contributed by atoms with Crippen LogP contribution >= 0.6 is 38.6 Å². The van der Waals surface area contributed by atoms with Gasteiger partial charge in [0.2, 0.25) is 10.0 Å². The molecule has 0 aliphatic rings. The Bertz CT molecular complexity index is 635. The van der Waals surface area contributed by atoms with Crippen LogP contribution in [0.3, 0.4) is 0 Å². The van der Waals surface area contributed by atoms with Crippen molar-refractivity contribution in [2.24, 2.45) is 5.73 Å². The highest BCUT2D eigenvalue weighted by Crippen LogP contribution is 2.31. The van der Waals surface area contributed by atoms with Crippen molar-refractivity contribution in [1.82, 2.24) is 4.72 Å². The zero-order chi connectivity index (χ0) is 13.9. The van der Waals surface area contributed by atoms with Crippen LogP contribution in [0.25, 0.3) is 0 Å². The van der Waals surface area contributed by atoms with Crippen LogP contribution in [-0.2, 0) is 23.0 Å². The molecule has 0 aliphatic heterocycles. The highest BCUT2D eigenvalue weighted by atomic mass is 79.9. The van der Waals surface area contributed by atoms with E-state index in [2.05, 4.69) is 20.7 Å². The van der Waals surface area contributed by atoms with Crippen LogP contribution in [0.4, 0.5) is 0 Å². The summed E-state index contributed by atoms with van der Waals surface area (Å²) in [5.74, 6) is 0. The van der Waals surface area contributed by atoms with Crippen molar-refractivity contribution in [3.05, 3.63) is 37.1 Å². The molecule has 0 amide bonds. The van der Waals surface area contributed by atoms with E-state index >= 15 is 0 Å². The summed E-state index contributed by atoms with van der Waals surface area (Å²) in [7, 11) is -3.47. The number of nitrogens with one attached hydrogen (secondary N) is 1. The summed E-state index contributed by atoms with van der Waals surface area (Å²) in [5.41, 5.74) is 6.65. The summed E-state index contributed by atoms with van der Waals surface area (Å²) in [5, 5.41) is 3.99. The second-order valence-electron chi connectivity index (χ2n) is 3.83. The van der Waals surface area contributed by atoms with Gasteiger partial charge in [-0.1, -0.05) is 0 Å². The number of sulfonamides is 1. The van der Waals surface area contributed by atoms with Gasteiger partial charge in [0.1, 0.15) is 4.90 Å². The van der Waals surface area contributed by atoms with Crippen LogP contribution in [0.1, 0.15) is 10.4 Å². The van der Waals surface area contributed by atoms with E-state index in [1.165, 1.54) is 11.3 Å². The topological polar surface area (TPSA) is 72.2 Å². The molecule has 19 heavy (non-hydrogen) atoms. The van der Waals surface area contributed by atoms with Crippen molar-refractivity contribution in [2.45, 2.75) is 17.9 Å². The van der Waals surface area contributed by atoms with E-state index in [1.807, 2.05) is 16.8 Å². The summed E-state index contributed by atoms with van der Waals surface area (Å²) < 4.78 is 27.5. The van der Waals surface area contributed by atoms with Crippen LogP contribution in [0.15, 0.2) is 31.6 Å². The lowest BCUT2D eigenvalue weighted by Crippen LogP contribution is -2.25. The molecule has 8 heteroatoms. The minimum Gasteiger partial charge on any atom is -0.326 e. The zero-order valence-corrected chi connectivity index (χ0v) is 14.0. The molecule has 2 aromatic rings. The van der Waals surface area contributed by atoms with Gasteiger partial charge in [0.15, 0.2) is 0 Å². The van der Waals surface area contributed by atoms with Gasteiger partial charge < -0.3 is 5.73 Å². The Morgan fingerprint density at radius 1 is 1.42 bits per heavy atom. The minimum absolute atomic E-state index is 0.267. The minimum atomic E-state index is -3.47. The standard InChI is InChI=1S/C11H13BrN2O2S3/c12-11-10(5-9(6-13)18-11)19(15,16)14-3-1-8-2-4-17-7-8/h2,4-5,7,14H,1,3,6,13H2. The first-order chi connectivity index (χ1) is 9.03. The first-order valence-electron chi connectivity index (χ1n) is 5.52. The number of nitrogens with two attached hydrogens (primary N) is 1. The molecule has 0 aromatic carbocycles. The third kappa shape index (κ3) is 3.87. The lowest BCUT2D eigenvalue weighted by Gasteiger charge is -2.04. The van der Waals surface area contributed by atoms with Gasteiger partial charge in [-0.2, -0.15) is 11.3 Å². The largest absolute Gasteiger partial charge is 0.326 e. The molecule has 0 bridgehead atoms. The van der Waals surface area contributed by atoms with E-state index in [0.29, 0.717) is 23.3 Å². The van der Waals surface area contributed by atoms with Crippen molar-refractivity contribution in [2.75, 3.05) is 6.54 Å². The van der Waals surface area contributed by atoms with Crippen LogP contribution in [-0.4, -0.2) is 15.0 Å². The molecular formula is C11H13BrN2O2S3. The molecule has 104 valence electrons. The molecule has 0 fully saturated rings. The number of halogens is 1. The van der Waals surface area contributed by atoms with Gasteiger partial charge in [-0.15, -0.1) is 11.3 Å². The Morgan fingerprint density at radius 3 is 2.79 bits per heavy atom. The van der Waals surface area contributed by atoms with E-state index in [4.69, 9.17) is 5.73 Å². The van der Waals surface area contributed by atoms with Crippen LogP contribution in [0, 0.1) is 0 Å². The molecule has 0 saturated carbocycles. The fourth-order valence-corrected chi connectivity index (χ4v) is 5.82. The summed E-state index contributed by atoms with van der Waals surface area (Å²) in [6, 6.07) is 3.60. The van der Waals surface area contributed by atoms with Gasteiger partial charge in [0.05, 0.1) is 3.79 Å². The summed E-state index contributed by atoms with van der Waals surface area (Å²) in [6.45, 7) is 0.729. The molecule has 0 atom stereocenters. The molecule has 0 radical (unpaired) electrons. The third-order valence-electron chi connectivity index (χ3n) is 2.48. The Kier molecular flexibility index (Phi) is 5.15. The maximum absolute atomic E-state index is 12.1. The first kappa shape index (κ1) is 15.1. The van der Waals surface area contributed by atoms with Gasteiger partial charge in [-0.25, -0.2) is 13.1 Å². The van der Waals surface area contributed by atoms with Gasteiger partial charge in [-0.05, 0) is 50.8 Å². The van der Waals surface area contributed by atoms with Crippen LogP contribution in [0.5, 0.6) is 0 Å². The molecule has 4 nitrogen and oxygen atoms in total. The van der Waals surface area contributed by atoms with Gasteiger partial charge in [0, 0.05) is 18.0 Å². The van der Waals surface area contributed by atoms with Crippen LogP contribution in [0.2, 0.25) is 0 Å². The Hall–Kier alpha value is -0.250. The summed E-state index contributed by atoms with van der Waals surface area (Å²) in [4.78, 5) is 1.10. The molecule has 0 aliphatic carbocycles. The molecule has 2 rings (SSSR count). The summed E-state index contributed by atoms with van der Waals surface area (Å²) in [6.07, 6.45) is 0.689. The van der Waals surface area contributed by atoms with Gasteiger partial charge in [-0.3, -0.25) is 0 Å². The Labute approximate surface area is 128 Å². The first-order valence-corrected chi connectivity index (χ1v) is 9.55. The van der Waals surface area contributed by atoms with Crippen molar-refractivity contribution in [1.29, 1.82) is 0 Å². The molecule has 2 heterocycles. The number of thiophene rings is 2. The third-order valence-corrected chi connectivity index (χ3v) is 6.95. The van der Waals surface area contributed by atoms with Crippen molar-refractivity contribution < 1.29 is 8.42 Å². The predicted molar refractivity (Wildman–Crippen MR) is 83.1 cm³/mol. The fraction of sp³-hybridized carbons (Fsp3) is 0.273. The average molecular weight is 381 g/mol. The number of hydrogen-bond donors (Lipinski definition) is 2. The molecule has 0 saturated heterocycles. The number of rotatable bonds is 6. The van der Waals surface area contributed by atoms with Crippen LogP contribution < -0.4 is 10.5 Å². The van der Waals surface area contributed by atoms with E-state index < -0.39 is 10.0 Å². The summed E-state index contributed by atoms with van der Waals surface area (Å²) >= 11 is 6.22. The van der Waals surface area contributed by atoms with Crippen molar-refractivity contribution in [3.63, 3.8) is 0 Å². The molecule has 3 N–H and O–H groups in total. The lowest BCUT2D eigenvalue weighted by atomic mass is 10.2.